The number of nitrogens with one attached hydrogen (secondary N) is 1. The second-order valence-corrected chi connectivity index (χ2v) is 7.49. The van der Waals surface area contributed by atoms with E-state index in [1.165, 1.54) is 0 Å². The Labute approximate surface area is 108 Å². The fourth-order valence-corrected chi connectivity index (χ4v) is 4.98. The molecular weight excluding hydrogens is 306 g/mol. The molecule has 0 atom stereocenters. The fourth-order valence-electron chi connectivity index (χ4n) is 1.83. The highest BCUT2D eigenvalue weighted by Gasteiger charge is 2.39. The van der Waals surface area contributed by atoms with Gasteiger partial charge in [0.05, 0.1) is 16.9 Å². The zero-order chi connectivity index (χ0) is 12.8. The van der Waals surface area contributed by atoms with Crippen LogP contribution in [0.15, 0.2) is 27.6 Å². The van der Waals surface area contributed by atoms with E-state index in [4.69, 9.17) is 0 Å². The first-order valence-electron chi connectivity index (χ1n) is 5.07. The molecule has 0 bridgehead atoms. The van der Waals surface area contributed by atoms with Gasteiger partial charge in [0.2, 0.25) is 5.91 Å². The van der Waals surface area contributed by atoms with E-state index >= 15 is 0 Å². The Bertz CT molecular complexity index is 593. The van der Waals surface area contributed by atoms with Crippen molar-refractivity contribution in [1.29, 1.82) is 0 Å². The van der Waals surface area contributed by atoms with Crippen LogP contribution in [0.25, 0.3) is 0 Å². The second-order valence-electron chi connectivity index (χ2n) is 4.71. The van der Waals surface area contributed by atoms with E-state index in [2.05, 4.69) is 21.2 Å². The molecule has 92 valence electrons. The van der Waals surface area contributed by atoms with Gasteiger partial charge in [0.25, 0.3) is 0 Å². The van der Waals surface area contributed by atoms with Crippen LogP contribution in [0, 0.1) is 5.41 Å². The molecule has 1 aromatic rings. The number of amides is 1. The van der Waals surface area contributed by atoms with E-state index in [-0.39, 0.29) is 16.6 Å². The van der Waals surface area contributed by atoms with E-state index in [1.807, 2.05) is 0 Å². The van der Waals surface area contributed by atoms with Crippen molar-refractivity contribution < 1.29 is 13.2 Å². The van der Waals surface area contributed by atoms with Crippen LogP contribution in [0.3, 0.4) is 0 Å². The Morgan fingerprint density at radius 3 is 2.65 bits per heavy atom. The quantitative estimate of drug-likeness (QED) is 0.798. The summed E-state index contributed by atoms with van der Waals surface area (Å²) in [6.45, 7) is 3.25. The Morgan fingerprint density at radius 2 is 2.00 bits per heavy atom. The van der Waals surface area contributed by atoms with Crippen LogP contribution in [-0.2, 0) is 14.6 Å². The van der Waals surface area contributed by atoms with Gasteiger partial charge >= 0.3 is 0 Å². The summed E-state index contributed by atoms with van der Waals surface area (Å²) in [6.07, 6.45) is 0. The minimum Gasteiger partial charge on any atom is -0.324 e. The van der Waals surface area contributed by atoms with Gasteiger partial charge in [0.1, 0.15) is 4.90 Å². The van der Waals surface area contributed by atoms with Gasteiger partial charge in [0, 0.05) is 4.47 Å². The zero-order valence-corrected chi connectivity index (χ0v) is 11.9. The van der Waals surface area contributed by atoms with Crippen LogP contribution in [0.1, 0.15) is 13.8 Å². The molecule has 1 aliphatic rings. The van der Waals surface area contributed by atoms with E-state index < -0.39 is 15.3 Å². The van der Waals surface area contributed by atoms with Crippen molar-refractivity contribution in [1.82, 2.24) is 0 Å². The standard InChI is InChI=1S/C11H12BrNO3S/c1-11(2)6-17(15,16)9-7(12)4-3-5-8(9)13-10(11)14/h3-5H,6H2,1-2H3,(H,13,14). The number of carbonyl (C=O) groups excluding carboxylic acids is 1. The number of rotatable bonds is 0. The van der Waals surface area contributed by atoms with Crippen molar-refractivity contribution in [3.8, 4) is 0 Å². The van der Waals surface area contributed by atoms with Gasteiger partial charge in [-0.1, -0.05) is 19.9 Å². The molecule has 0 fully saturated rings. The van der Waals surface area contributed by atoms with Crippen LogP contribution in [0.2, 0.25) is 0 Å². The third-order valence-corrected chi connectivity index (χ3v) is 5.78. The molecule has 1 N–H and O–H groups in total. The van der Waals surface area contributed by atoms with Crippen LogP contribution >= 0.6 is 15.9 Å². The molecule has 0 unspecified atom stereocenters. The summed E-state index contributed by atoms with van der Waals surface area (Å²) < 4.78 is 25.0. The van der Waals surface area contributed by atoms with Gasteiger partial charge < -0.3 is 5.32 Å². The minimum absolute atomic E-state index is 0.166. The first-order valence-corrected chi connectivity index (χ1v) is 7.51. The summed E-state index contributed by atoms with van der Waals surface area (Å²) in [5.74, 6) is -0.473. The number of hydrogen-bond acceptors (Lipinski definition) is 3. The van der Waals surface area contributed by atoms with Crippen LogP contribution < -0.4 is 5.32 Å². The molecule has 1 aliphatic heterocycles. The van der Waals surface area contributed by atoms with Crippen molar-refractivity contribution in [2.45, 2.75) is 18.7 Å². The SMILES string of the molecule is CC1(C)CS(=O)(=O)c2c(Br)cccc2NC1=O. The molecule has 17 heavy (non-hydrogen) atoms. The predicted octanol–water partition coefficient (Wildman–Crippen LogP) is 2.20. The molecule has 0 spiro atoms. The summed E-state index contributed by atoms with van der Waals surface area (Å²) in [4.78, 5) is 12.1. The highest BCUT2D eigenvalue weighted by molar-refractivity contribution is 9.10. The minimum atomic E-state index is -3.48. The second kappa shape index (κ2) is 3.81. The molecule has 2 rings (SSSR count). The van der Waals surface area contributed by atoms with E-state index in [1.54, 1.807) is 32.0 Å². The van der Waals surface area contributed by atoms with Gasteiger partial charge in [0.15, 0.2) is 9.84 Å². The lowest BCUT2D eigenvalue weighted by molar-refractivity contribution is -0.122. The Hall–Kier alpha value is -0.880. The van der Waals surface area contributed by atoms with E-state index in [9.17, 15) is 13.2 Å². The van der Waals surface area contributed by atoms with Crippen molar-refractivity contribution in [3.63, 3.8) is 0 Å². The topological polar surface area (TPSA) is 63.2 Å². The Kier molecular flexibility index (Phi) is 2.82. The molecule has 0 saturated carbocycles. The third kappa shape index (κ3) is 2.11. The number of benzene rings is 1. The number of sulfone groups is 1. The molecular formula is C11H12BrNO3S. The molecule has 4 nitrogen and oxygen atoms in total. The molecule has 6 heteroatoms. The van der Waals surface area contributed by atoms with Crippen molar-refractivity contribution in [2.75, 3.05) is 11.1 Å². The number of carbonyl (C=O) groups is 1. The maximum absolute atomic E-state index is 12.3. The van der Waals surface area contributed by atoms with Gasteiger partial charge in [-0.15, -0.1) is 0 Å². The third-order valence-electron chi connectivity index (χ3n) is 2.69. The molecule has 0 saturated heterocycles. The molecule has 0 radical (unpaired) electrons. The lowest BCUT2D eigenvalue weighted by atomic mass is 9.95. The Morgan fingerprint density at radius 1 is 1.35 bits per heavy atom. The summed E-state index contributed by atoms with van der Waals surface area (Å²) in [6, 6.07) is 4.94. The van der Waals surface area contributed by atoms with Gasteiger partial charge in [-0.3, -0.25) is 4.79 Å². The van der Waals surface area contributed by atoms with Crippen LogP contribution in [0.5, 0.6) is 0 Å². The smallest absolute Gasteiger partial charge is 0.231 e. The molecule has 1 aromatic carbocycles. The zero-order valence-electron chi connectivity index (χ0n) is 9.45. The lowest BCUT2D eigenvalue weighted by Gasteiger charge is -2.18. The molecule has 0 aromatic heterocycles. The molecule has 1 heterocycles. The van der Waals surface area contributed by atoms with Crippen molar-refractivity contribution in [2.24, 2.45) is 5.41 Å². The van der Waals surface area contributed by atoms with Crippen LogP contribution in [0.4, 0.5) is 5.69 Å². The monoisotopic (exact) mass is 317 g/mol. The van der Waals surface area contributed by atoms with Crippen molar-refractivity contribution >= 4 is 37.4 Å². The first kappa shape index (κ1) is 12.6. The number of fused-ring (bicyclic) bond motifs is 1. The fraction of sp³-hybridized carbons (Fsp3) is 0.364. The maximum atomic E-state index is 12.3. The van der Waals surface area contributed by atoms with E-state index in [0.29, 0.717) is 10.2 Å². The lowest BCUT2D eigenvalue weighted by Crippen LogP contribution is -2.34. The largest absolute Gasteiger partial charge is 0.324 e. The number of anilines is 1. The highest BCUT2D eigenvalue weighted by Crippen LogP contribution is 2.37. The normalized spacial score (nSPS) is 21.2. The Balaban J connectivity index is 2.73. The maximum Gasteiger partial charge on any atom is 0.231 e. The van der Waals surface area contributed by atoms with Crippen LogP contribution in [-0.4, -0.2) is 20.1 Å². The van der Waals surface area contributed by atoms with Crippen molar-refractivity contribution in [3.05, 3.63) is 22.7 Å². The molecule has 1 amide bonds. The average Bonchev–Trinajstić information content (AvgIpc) is 2.20. The number of hydrogen-bond donors (Lipinski definition) is 1. The van der Waals surface area contributed by atoms with Gasteiger partial charge in [-0.25, -0.2) is 8.42 Å². The number of halogens is 1. The van der Waals surface area contributed by atoms with Gasteiger partial charge in [-0.05, 0) is 28.1 Å². The summed E-state index contributed by atoms with van der Waals surface area (Å²) in [5.41, 5.74) is -0.591. The average molecular weight is 318 g/mol. The highest BCUT2D eigenvalue weighted by atomic mass is 79.9. The predicted molar refractivity (Wildman–Crippen MR) is 68.6 cm³/mol. The first-order chi connectivity index (χ1) is 7.74. The summed E-state index contributed by atoms with van der Waals surface area (Å²) >= 11 is 3.22. The summed E-state index contributed by atoms with van der Waals surface area (Å²) in [5, 5.41) is 2.66. The molecule has 0 aliphatic carbocycles. The van der Waals surface area contributed by atoms with Gasteiger partial charge in [-0.2, -0.15) is 0 Å². The summed E-state index contributed by atoms with van der Waals surface area (Å²) in [7, 11) is -3.48. The van der Waals surface area contributed by atoms with E-state index in [0.717, 1.165) is 0 Å².